The Hall–Kier alpha value is -2.79. The smallest absolute Gasteiger partial charge is 0.148 e. The van der Waals surface area contributed by atoms with Gasteiger partial charge in [-0.25, -0.2) is 4.39 Å². The standard InChI is InChI=1S/C20H20FN3O/c1-20(25,16-5-3-2-4-6-16)13-14-22-19-12-11-18(23-24-19)15-7-9-17(21)10-8-15/h2-12,25H,13-14H2,1H3,(H,22,24). The van der Waals surface area contributed by atoms with Crippen molar-refractivity contribution in [2.75, 3.05) is 11.9 Å². The maximum absolute atomic E-state index is 13.0. The lowest BCUT2D eigenvalue weighted by Gasteiger charge is -2.24. The molecule has 0 amide bonds. The fourth-order valence-electron chi connectivity index (χ4n) is 2.58. The molecule has 0 bridgehead atoms. The topological polar surface area (TPSA) is 58.0 Å². The molecule has 1 atom stereocenters. The zero-order chi connectivity index (χ0) is 17.7. The van der Waals surface area contributed by atoms with Crippen LogP contribution in [0.1, 0.15) is 18.9 Å². The molecule has 0 aliphatic carbocycles. The van der Waals surface area contributed by atoms with Crippen LogP contribution in [0, 0.1) is 5.82 Å². The number of rotatable bonds is 6. The van der Waals surface area contributed by atoms with E-state index in [1.54, 1.807) is 19.1 Å². The van der Waals surface area contributed by atoms with E-state index in [9.17, 15) is 9.50 Å². The largest absolute Gasteiger partial charge is 0.385 e. The molecule has 3 aromatic rings. The van der Waals surface area contributed by atoms with E-state index in [0.29, 0.717) is 24.5 Å². The summed E-state index contributed by atoms with van der Waals surface area (Å²) in [6.07, 6.45) is 0.540. The highest BCUT2D eigenvalue weighted by Crippen LogP contribution is 2.24. The second-order valence-electron chi connectivity index (χ2n) is 6.13. The Morgan fingerprint density at radius 2 is 1.68 bits per heavy atom. The van der Waals surface area contributed by atoms with Gasteiger partial charge in [0.15, 0.2) is 0 Å². The lowest BCUT2D eigenvalue weighted by Crippen LogP contribution is -2.24. The maximum Gasteiger partial charge on any atom is 0.148 e. The van der Waals surface area contributed by atoms with Crippen LogP contribution in [0.25, 0.3) is 11.3 Å². The van der Waals surface area contributed by atoms with Crippen molar-refractivity contribution in [3.8, 4) is 11.3 Å². The van der Waals surface area contributed by atoms with Gasteiger partial charge in [-0.1, -0.05) is 30.3 Å². The number of nitrogens with zero attached hydrogens (tertiary/aromatic N) is 2. The first-order valence-electron chi connectivity index (χ1n) is 8.16. The van der Waals surface area contributed by atoms with Gasteiger partial charge in [-0.2, -0.15) is 0 Å². The van der Waals surface area contributed by atoms with Gasteiger partial charge in [0, 0.05) is 12.1 Å². The van der Waals surface area contributed by atoms with Crippen molar-refractivity contribution in [3.05, 3.63) is 78.1 Å². The molecule has 5 heteroatoms. The quantitative estimate of drug-likeness (QED) is 0.714. The Bertz CT molecular complexity index is 803. The fourth-order valence-corrected chi connectivity index (χ4v) is 2.58. The van der Waals surface area contributed by atoms with Crippen molar-refractivity contribution in [2.24, 2.45) is 0 Å². The van der Waals surface area contributed by atoms with Crippen molar-refractivity contribution in [2.45, 2.75) is 18.9 Å². The predicted octanol–water partition coefficient (Wildman–Crippen LogP) is 3.99. The molecule has 0 fully saturated rings. The average Bonchev–Trinajstić information content (AvgIpc) is 2.64. The number of benzene rings is 2. The molecule has 0 radical (unpaired) electrons. The van der Waals surface area contributed by atoms with E-state index >= 15 is 0 Å². The first kappa shape index (κ1) is 17.0. The van der Waals surface area contributed by atoms with Gasteiger partial charge in [0.1, 0.15) is 11.6 Å². The van der Waals surface area contributed by atoms with Crippen molar-refractivity contribution in [1.82, 2.24) is 10.2 Å². The second-order valence-corrected chi connectivity index (χ2v) is 6.13. The Kier molecular flexibility index (Phi) is 5.05. The number of aromatic nitrogens is 2. The third-order valence-corrected chi connectivity index (χ3v) is 4.12. The molecule has 0 aliphatic heterocycles. The molecule has 1 heterocycles. The molecule has 1 aromatic heterocycles. The van der Waals surface area contributed by atoms with E-state index in [1.807, 2.05) is 42.5 Å². The summed E-state index contributed by atoms with van der Waals surface area (Å²) in [5.74, 6) is 0.357. The predicted molar refractivity (Wildman–Crippen MR) is 96.5 cm³/mol. The number of hydrogen-bond acceptors (Lipinski definition) is 4. The molecule has 2 N–H and O–H groups in total. The summed E-state index contributed by atoms with van der Waals surface area (Å²) in [4.78, 5) is 0. The van der Waals surface area contributed by atoms with Gasteiger partial charge in [-0.15, -0.1) is 10.2 Å². The summed E-state index contributed by atoms with van der Waals surface area (Å²) in [5.41, 5.74) is 1.47. The molecule has 4 nitrogen and oxygen atoms in total. The third-order valence-electron chi connectivity index (χ3n) is 4.12. The normalized spacial score (nSPS) is 13.2. The summed E-state index contributed by atoms with van der Waals surface area (Å²) in [6, 6.07) is 19.4. The SMILES string of the molecule is CC(O)(CCNc1ccc(-c2ccc(F)cc2)nn1)c1ccccc1. The van der Waals surface area contributed by atoms with Crippen LogP contribution < -0.4 is 5.32 Å². The molecule has 0 saturated carbocycles. The summed E-state index contributed by atoms with van der Waals surface area (Å²) >= 11 is 0. The van der Waals surface area contributed by atoms with Crippen molar-refractivity contribution in [1.29, 1.82) is 0 Å². The number of anilines is 1. The second kappa shape index (κ2) is 7.40. The van der Waals surface area contributed by atoms with E-state index in [2.05, 4.69) is 15.5 Å². The van der Waals surface area contributed by atoms with E-state index < -0.39 is 5.60 Å². The minimum atomic E-state index is -0.907. The molecular weight excluding hydrogens is 317 g/mol. The fraction of sp³-hybridized carbons (Fsp3) is 0.200. The molecule has 0 aliphatic rings. The Morgan fingerprint density at radius 3 is 2.32 bits per heavy atom. The van der Waals surface area contributed by atoms with E-state index in [-0.39, 0.29) is 5.82 Å². The zero-order valence-corrected chi connectivity index (χ0v) is 14.0. The maximum atomic E-state index is 13.0. The van der Waals surface area contributed by atoms with E-state index in [4.69, 9.17) is 0 Å². The molecule has 3 rings (SSSR count). The Morgan fingerprint density at radius 1 is 0.960 bits per heavy atom. The molecular formula is C20H20FN3O. The highest BCUT2D eigenvalue weighted by molar-refractivity contribution is 5.59. The average molecular weight is 337 g/mol. The number of halogens is 1. The summed E-state index contributed by atoms with van der Waals surface area (Å²) < 4.78 is 13.0. The molecule has 2 aromatic carbocycles. The van der Waals surface area contributed by atoms with Crippen LogP contribution in [0.15, 0.2) is 66.7 Å². The number of aliphatic hydroxyl groups is 1. The Labute approximate surface area is 146 Å². The number of hydrogen-bond donors (Lipinski definition) is 2. The lowest BCUT2D eigenvalue weighted by molar-refractivity contribution is 0.0515. The molecule has 128 valence electrons. The minimum Gasteiger partial charge on any atom is -0.385 e. The van der Waals surface area contributed by atoms with Crippen LogP contribution in [-0.4, -0.2) is 21.8 Å². The first-order valence-corrected chi connectivity index (χ1v) is 8.16. The van der Waals surface area contributed by atoms with Gasteiger partial charge in [0.25, 0.3) is 0 Å². The highest BCUT2D eigenvalue weighted by Gasteiger charge is 2.22. The zero-order valence-electron chi connectivity index (χ0n) is 14.0. The summed E-state index contributed by atoms with van der Waals surface area (Å²) in [6.45, 7) is 2.36. The monoisotopic (exact) mass is 337 g/mol. The highest BCUT2D eigenvalue weighted by atomic mass is 19.1. The minimum absolute atomic E-state index is 0.277. The van der Waals surface area contributed by atoms with E-state index in [1.165, 1.54) is 12.1 Å². The van der Waals surface area contributed by atoms with Gasteiger partial charge in [0.2, 0.25) is 0 Å². The third kappa shape index (κ3) is 4.39. The van der Waals surface area contributed by atoms with Crippen LogP contribution in [0.3, 0.4) is 0 Å². The van der Waals surface area contributed by atoms with Crippen LogP contribution in [-0.2, 0) is 5.60 Å². The van der Waals surface area contributed by atoms with Crippen LogP contribution in [0.2, 0.25) is 0 Å². The van der Waals surface area contributed by atoms with Crippen LogP contribution in [0.5, 0.6) is 0 Å². The Balaban J connectivity index is 1.58. The van der Waals surface area contributed by atoms with Crippen LogP contribution in [0.4, 0.5) is 10.2 Å². The van der Waals surface area contributed by atoms with E-state index in [0.717, 1.165) is 11.1 Å². The van der Waals surface area contributed by atoms with Gasteiger partial charge in [0.05, 0.1) is 11.3 Å². The molecule has 0 saturated heterocycles. The molecule has 0 spiro atoms. The van der Waals surface area contributed by atoms with Gasteiger partial charge < -0.3 is 10.4 Å². The summed E-state index contributed by atoms with van der Waals surface area (Å²) in [7, 11) is 0. The molecule has 1 unspecified atom stereocenters. The summed E-state index contributed by atoms with van der Waals surface area (Å²) in [5, 5.41) is 22.0. The van der Waals surface area contributed by atoms with Crippen LogP contribution >= 0.6 is 0 Å². The van der Waals surface area contributed by atoms with Crippen molar-refractivity contribution >= 4 is 5.82 Å². The van der Waals surface area contributed by atoms with Crippen molar-refractivity contribution in [3.63, 3.8) is 0 Å². The lowest BCUT2D eigenvalue weighted by atomic mass is 9.93. The van der Waals surface area contributed by atoms with Gasteiger partial charge in [-0.3, -0.25) is 0 Å². The van der Waals surface area contributed by atoms with Gasteiger partial charge in [-0.05, 0) is 55.3 Å². The first-order chi connectivity index (χ1) is 12.0. The number of nitrogens with one attached hydrogen (secondary N) is 1. The van der Waals surface area contributed by atoms with Crippen molar-refractivity contribution < 1.29 is 9.50 Å². The molecule has 25 heavy (non-hydrogen) atoms. The van der Waals surface area contributed by atoms with Gasteiger partial charge >= 0.3 is 0 Å².